The summed E-state index contributed by atoms with van der Waals surface area (Å²) in [6, 6.07) is 15.7. The molecule has 0 aromatic heterocycles. The number of alkyl halides is 3. The van der Waals surface area contributed by atoms with E-state index < -0.39 is 17.8 Å². The zero-order chi connectivity index (χ0) is 17.9. The second-order valence-electron chi connectivity index (χ2n) is 6.70. The van der Waals surface area contributed by atoms with Gasteiger partial charge in [-0.05, 0) is 30.0 Å². The molecule has 3 rings (SSSR count). The molecular weight excluding hydrogens is 327 g/mol. The van der Waals surface area contributed by atoms with Crippen LogP contribution in [0.25, 0.3) is 0 Å². The molecular formula is C20H22F3NO. The van der Waals surface area contributed by atoms with Crippen molar-refractivity contribution in [3.05, 3.63) is 71.3 Å². The zero-order valence-electron chi connectivity index (χ0n) is 13.9. The van der Waals surface area contributed by atoms with E-state index in [1.807, 2.05) is 30.3 Å². The number of benzene rings is 2. The Kier molecular flexibility index (Phi) is 5.45. The van der Waals surface area contributed by atoms with Crippen molar-refractivity contribution >= 4 is 0 Å². The predicted molar refractivity (Wildman–Crippen MR) is 91.0 cm³/mol. The summed E-state index contributed by atoms with van der Waals surface area (Å²) in [5.74, 6) is -0.194. The Balaban J connectivity index is 1.71. The van der Waals surface area contributed by atoms with Gasteiger partial charge in [0.05, 0.1) is 11.7 Å². The van der Waals surface area contributed by atoms with Crippen LogP contribution in [0.15, 0.2) is 54.6 Å². The van der Waals surface area contributed by atoms with Crippen LogP contribution in [0.2, 0.25) is 0 Å². The van der Waals surface area contributed by atoms with Gasteiger partial charge in [-0.2, -0.15) is 13.2 Å². The Morgan fingerprint density at radius 3 is 2.40 bits per heavy atom. The number of piperidine rings is 1. The first kappa shape index (κ1) is 18.0. The Morgan fingerprint density at radius 1 is 1.00 bits per heavy atom. The van der Waals surface area contributed by atoms with E-state index in [0.29, 0.717) is 13.0 Å². The minimum absolute atomic E-state index is 0.194. The second-order valence-corrected chi connectivity index (χ2v) is 6.70. The van der Waals surface area contributed by atoms with Gasteiger partial charge in [0.15, 0.2) is 0 Å². The molecule has 2 unspecified atom stereocenters. The van der Waals surface area contributed by atoms with Crippen molar-refractivity contribution < 1.29 is 18.3 Å². The van der Waals surface area contributed by atoms with Crippen molar-refractivity contribution in [2.45, 2.75) is 31.7 Å². The molecule has 1 N–H and O–H groups in total. The highest BCUT2D eigenvalue weighted by Gasteiger charge is 2.35. The lowest BCUT2D eigenvalue weighted by Gasteiger charge is -2.36. The summed E-state index contributed by atoms with van der Waals surface area (Å²) in [5.41, 5.74) is 0.844. The quantitative estimate of drug-likeness (QED) is 0.897. The van der Waals surface area contributed by atoms with Crippen molar-refractivity contribution in [2.75, 3.05) is 13.1 Å². The van der Waals surface area contributed by atoms with Gasteiger partial charge in [-0.3, -0.25) is 4.90 Å². The minimum atomic E-state index is -4.36. The van der Waals surface area contributed by atoms with E-state index in [2.05, 4.69) is 4.90 Å². The molecule has 2 aromatic rings. The Hall–Kier alpha value is -1.85. The van der Waals surface area contributed by atoms with Crippen LogP contribution in [0.3, 0.4) is 0 Å². The lowest BCUT2D eigenvalue weighted by atomic mass is 9.87. The van der Waals surface area contributed by atoms with Gasteiger partial charge >= 0.3 is 6.18 Å². The van der Waals surface area contributed by atoms with Crippen LogP contribution in [0, 0.1) is 5.92 Å². The zero-order valence-corrected chi connectivity index (χ0v) is 13.9. The third kappa shape index (κ3) is 4.61. The fourth-order valence-electron chi connectivity index (χ4n) is 3.54. The van der Waals surface area contributed by atoms with Crippen molar-refractivity contribution in [2.24, 2.45) is 5.92 Å². The normalized spacial score (nSPS) is 22.1. The fraction of sp³-hybridized carbons (Fsp3) is 0.400. The van der Waals surface area contributed by atoms with E-state index in [9.17, 15) is 18.3 Å². The van der Waals surface area contributed by atoms with Gasteiger partial charge in [-0.15, -0.1) is 0 Å². The molecule has 2 atom stereocenters. The summed E-state index contributed by atoms with van der Waals surface area (Å²) in [5, 5.41) is 10.3. The topological polar surface area (TPSA) is 23.5 Å². The lowest BCUT2D eigenvalue weighted by molar-refractivity contribution is -0.138. The molecule has 5 heteroatoms. The summed E-state index contributed by atoms with van der Waals surface area (Å²) in [6.07, 6.45) is -4.10. The van der Waals surface area contributed by atoms with Crippen molar-refractivity contribution in [1.82, 2.24) is 4.90 Å². The SMILES string of the molecule is OC1CCN(Cc2ccccc2)CC1Cc1ccccc1C(F)(F)F. The molecule has 0 aliphatic carbocycles. The summed E-state index contributed by atoms with van der Waals surface area (Å²) < 4.78 is 39.6. The number of hydrogen-bond acceptors (Lipinski definition) is 2. The first-order valence-electron chi connectivity index (χ1n) is 8.53. The number of halogens is 3. The third-order valence-electron chi connectivity index (χ3n) is 4.83. The molecule has 1 saturated heterocycles. The largest absolute Gasteiger partial charge is 0.416 e. The first-order valence-corrected chi connectivity index (χ1v) is 8.53. The average Bonchev–Trinajstić information content (AvgIpc) is 2.58. The molecule has 0 radical (unpaired) electrons. The van der Waals surface area contributed by atoms with Crippen molar-refractivity contribution in [3.63, 3.8) is 0 Å². The molecule has 0 saturated carbocycles. The Morgan fingerprint density at radius 2 is 1.68 bits per heavy atom. The highest BCUT2D eigenvalue weighted by atomic mass is 19.4. The van der Waals surface area contributed by atoms with Crippen LogP contribution in [0.1, 0.15) is 23.1 Å². The Bertz CT molecular complexity index is 687. The van der Waals surface area contributed by atoms with E-state index in [1.165, 1.54) is 17.7 Å². The van der Waals surface area contributed by atoms with Gasteiger partial charge in [0.2, 0.25) is 0 Å². The number of rotatable bonds is 4. The lowest BCUT2D eigenvalue weighted by Crippen LogP contribution is -2.43. The van der Waals surface area contributed by atoms with Gasteiger partial charge in [-0.25, -0.2) is 0 Å². The van der Waals surface area contributed by atoms with Gasteiger partial charge in [-0.1, -0.05) is 48.5 Å². The second kappa shape index (κ2) is 7.58. The smallest absolute Gasteiger partial charge is 0.393 e. The van der Waals surface area contributed by atoms with E-state index >= 15 is 0 Å². The number of aliphatic hydroxyl groups is 1. The van der Waals surface area contributed by atoms with Gasteiger partial charge in [0, 0.05) is 25.6 Å². The van der Waals surface area contributed by atoms with Crippen molar-refractivity contribution in [3.8, 4) is 0 Å². The number of likely N-dealkylation sites (tertiary alicyclic amines) is 1. The number of nitrogens with zero attached hydrogens (tertiary/aromatic N) is 1. The molecule has 134 valence electrons. The van der Waals surface area contributed by atoms with E-state index in [0.717, 1.165) is 19.2 Å². The molecule has 0 bridgehead atoms. The molecule has 1 aliphatic rings. The highest BCUT2D eigenvalue weighted by Crippen LogP contribution is 2.34. The maximum absolute atomic E-state index is 13.2. The van der Waals surface area contributed by atoms with Crippen LogP contribution in [-0.4, -0.2) is 29.2 Å². The minimum Gasteiger partial charge on any atom is -0.393 e. The molecule has 25 heavy (non-hydrogen) atoms. The van der Waals surface area contributed by atoms with Crippen LogP contribution in [0.5, 0.6) is 0 Å². The summed E-state index contributed by atoms with van der Waals surface area (Å²) in [7, 11) is 0. The van der Waals surface area contributed by atoms with Crippen LogP contribution < -0.4 is 0 Å². The predicted octanol–water partition coefficient (Wildman–Crippen LogP) is 4.13. The van der Waals surface area contributed by atoms with E-state index in [-0.39, 0.29) is 17.9 Å². The van der Waals surface area contributed by atoms with Gasteiger partial charge in [0.25, 0.3) is 0 Å². The number of hydrogen-bond donors (Lipinski definition) is 1. The van der Waals surface area contributed by atoms with Crippen LogP contribution in [0.4, 0.5) is 13.2 Å². The summed E-state index contributed by atoms with van der Waals surface area (Å²) in [6.45, 7) is 2.11. The van der Waals surface area contributed by atoms with Crippen LogP contribution >= 0.6 is 0 Å². The van der Waals surface area contributed by atoms with Crippen LogP contribution in [-0.2, 0) is 19.1 Å². The standard InChI is InChI=1S/C20H22F3NO/c21-20(22,23)18-9-5-4-8-16(18)12-17-14-24(11-10-19(17)25)13-15-6-2-1-3-7-15/h1-9,17,19,25H,10-14H2. The van der Waals surface area contributed by atoms with Gasteiger partial charge in [0.1, 0.15) is 0 Å². The molecule has 1 fully saturated rings. The molecule has 0 spiro atoms. The molecule has 1 heterocycles. The molecule has 1 aliphatic heterocycles. The van der Waals surface area contributed by atoms with E-state index in [1.54, 1.807) is 6.07 Å². The highest BCUT2D eigenvalue weighted by molar-refractivity contribution is 5.30. The third-order valence-corrected chi connectivity index (χ3v) is 4.83. The van der Waals surface area contributed by atoms with Crippen molar-refractivity contribution in [1.29, 1.82) is 0 Å². The molecule has 2 aromatic carbocycles. The molecule has 2 nitrogen and oxygen atoms in total. The average molecular weight is 349 g/mol. The fourth-order valence-corrected chi connectivity index (χ4v) is 3.54. The maximum atomic E-state index is 13.2. The number of aliphatic hydroxyl groups excluding tert-OH is 1. The Labute approximate surface area is 145 Å². The summed E-state index contributed by atoms with van der Waals surface area (Å²) >= 11 is 0. The summed E-state index contributed by atoms with van der Waals surface area (Å²) in [4.78, 5) is 2.21. The first-order chi connectivity index (χ1) is 11.9. The maximum Gasteiger partial charge on any atom is 0.416 e. The monoisotopic (exact) mass is 349 g/mol. The van der Waals surface area contributed by atoms with E-state index in [4.69, 9.17) is 0 Å². The molecule has 0 amide bonds. The van der Waals surface area contributed by atoms with Gasteiger partial charge < -0.3 is 5.11 Å².